The van der Waals surface area contributed by atoms with Crippen LogP contribution in [0.4, 0.5) is 0 Å². The van der Waals surface area contributed by atoms with Crippen LogP contribution in [-0.4, -0.2) is 20.4 Å². The summed E-state index contributed by atoms with van der Waals surface area (Å²) < 4.78 is 2.19. The first-order chi connectivity index (χ1) is 18.6. The zero-order valence-electron chi connectivity index (χ0n) is 20.8. The Kier molecular flexibility index (Phi) is 7.16. The van der Waals surface area contributed by atoms with Crippen molar-refractivity contribution < 1.29 is 4.79 Å². The second-order valence-corrected chi connectivity index (χ2v) is 11.0. The van der Waals surface area contributed by atoms with Gasteiger partial charge >= 0.3 is 0 Å². The molecule has 1 aliphatic carbocycles. The van der Waals surface area contributed by atoms with E-state index in [1.807, 2.05) is 54.7 Å². The Bertz CT molecular complexity index is 1600. The molecule has 5 aromatic rings. The number of hydrogen-bond acceptors (Lipinski definition) is 4. The molecule has 0 aliphatic heterocycles. The molecule has 0 fully saturated rings. The molecule has 3 aromatic carbocycles. The average Bonchev–Trinajstić information content (AvgIpc) is 3.29. The Morgan fingerprint density at radius 2 is 1.89 bits per heavy atom. The summed E-state index contributed by atoms with van der Waals surface area (Å²) in [4.78, 5) is 22.3. The smallest absolute Gasteiger partial charge is 0.251 e. The van der Waals surface area contributed by atoms with E-state index in [0.29, 0.717) is 12.1 Å². The standard InChI is InChI=1S/C31H27ClN4OS/c32-25-8-3-5-22(17-25)20-38-31-35-28-15-16-33-18-29(28)36(31)19-21-11-13-24(14-12-21)30(37)34-27-10-4-7-23-6-1-2-9-26(23)27/h1-3,5-6,8-9,11-18,27H,4,7,10,19-20H2,(H,34,37)/t27-/m1/s1. The van der Waals surface area contributed by atoms with Crippen molar-refractivity contribution in [2.24, 2.45) is 0 Å². The SMILES string of the molecule is O=C(N[C@@H]1CCCc2ccccc21)c1ccc(Cn2c(SCc3cccc(Cl)c3)nc3ccncc32)cc1. The minimum atomic E-state index is -0.0340. The highest BCUT2D eigenvalue weighted by Gasteiger charge is 2.22. The van der Waals surface area contributed by atoms with Crippen molar-refractivity contribution in [2.45, 2.75) is 42.8 Å². The summed E-state index contributed by atoms with van der Waals surface area (Å²) in [7, 11) is 0. The van der Waals surface area contributed by atoms with Gasteiger partial charge in [-0.2, -0.15) is 0 Å². The minimum absolute atomic E-state index is 0.0340. The van der Waals surface area contributed by atoms with E-state index >= 15 is 0 Å². The van der Waals surface area contributed by atoms with Crippen molar-refractivity contribution in [2.75, 3.05) is 0 Å². The highest BCUT2D eigenvalue weighted by molar-refractivity contribution is 7.98. The molecule has 1 N–H and O–H groups in total. The number of halogens is 1. The number of thioether (sulfide) groups is 1. The first-order valence-corrected chi connectivity index (χ1v) is 14.2. The van der Waals surface area contributed by atoms with Gasteiger partial charge in [-0.3, -0.25) is 9.78 Å². The number of hydrogen-bond donors (Lipinski definition) is 1. The van der Waals surface area contributed by atoms with Crippen molar-refractivity contribution in [1.29, 1.82) is 0 Å². The number of carbonyl (C=O) groups is 1. The van der Waals surface area contributed by atoms with Crippen LogP contribution in [-0.2, 0) is 18.7 Å². The van der Waals surface area contributed by atoms with Crippen molar-refractivity contribution >= 4 is 40.3 Å². The monoisotopic (exact) mass is 538 g/mol. The van der Waals surface area contributed by atoms with Crippen LogP contribution < -0.4 is 5.32 Å². The predicted octanol–water partition coefficient (Wildman–Crippen LogP) is 7.23. The van der Waals surface area contributed by atoms with E-state index in [2.05, 4.69) is 45.2 Å². The highest BCUT2D eigenvalue weighted by Crippen LogP contribution is 2.30. The van der Waals surface area contributed by atoms with Crippen molar-refractivity contribution in [3.63, 3.8) is 0 Å². The lowest BCUT2D eigenvalue weighted by Gasteiger charge is -2.26. The number of pyridine rings is 1. The number of carbonyl (C=O) groups excluding carboxylic acids is 1. The van der Waals surface area contributed by atoms with Gasteiger partial charge in [0, 0.05) is 22.5 Å². The molecule has 0 saturated carbocycles. The summed E-state index contributed by atoms with van der Waals surface area (Å²) >= 11 is 7.85. The largest absolute Gasteiger partial charge is 0.345 e. The molecule has 190 valence electrons. The number of nitrogens with zero attached hydrogens (tertiary/aromatic N) is 3. The van der Waals surface area contributed by atoms with Crippen LogP contribution >= 0.6 is 23.4 Å². The summed E-state index contributed by atoms with van der Waals surface area (Å²) in [6.07, 6.45) is 6.76. The van der Waals surface area contributed by atoms with E-state index in [-0.39, 0.29) is 11.9 Å². The van der Waals surface area contributed by atoms with Gasteiger partial charge in [-0.1, -0.05) is 71.9 Å². The summed E-state index contributed by atoms with van der Waals surface area (Å²) in [5.74, 6) is 0.731. The van der Waals surface area contributed by atoms with Gasteiger partial charge < -0.3 is 9.88 Å². The molecule has 0 bridgehead atoms. The Hall–Kier alpha value is -3.61. The van der Waals surface area contributed by atoms with Gasteiger partial charge in [0.1, 0.15) is 0 Å². The van der Waals surface area contributed by atoms with E-state index in [1.165, 1.54) is 11.1 Å². The highest BCUT2D eigenvalue weighted by atomic mass is 35.5. The second-order valence-electron chi connectivity index (χ2n) is 9.58. The maximum atomic E-state index is 13.1. The number of aromatic nitrogens is 3. The first kappa shape index (κ1) is 24.7. The molecule has 1 aliphatic rings. The fourth-order valence-electron chi connectivity index (χ4n) is 5.07. The minimum Gasteiger partial charge on any atom is -0.345 e. The molecule has 2 heterocycles. The number of amides is 1. The number of fused-ring (bicyclic) bond motifs is 2. The van der Waals surface area contributed by atoms with Crippen LogP contribution in [0, 0.1) is 0 Å². The lowest BCUT2D eigenvalue weighted by Crippen LogP contribution is -2.30. The van der Waals surface area contributed by atoms with Crippen molar-refractivity contribution in [3.05, 3.63) is 124 Å². The third-order valence-corrected chi connectivity index (χ3v) is 8.29. The van der Waals surface area contributed by atoms with Crippen LogP contribution in [0.25, 0.3) is 11.0 Å². The maximum Gasteiger partial charge on any atom is 0.251 e. The molecular formula is C31H27ClN4OS. The van der Waals surface area contributed by atoms with Gasteiger partial charge in [0.15, 0.2) is 5.16 Å². The topological polar surface area (TPSA) is 59.8 Å². The summed E-state index contributed by atoms with van der Waals surface area (Å²) in [5.41, 5.74) is 7.39. The van der Waals surface area contributed by atoms with Crippen LogP contribution in [0.15, 0.2) is 96.4 Å². The van der Waals surface area contributed by atoms with E-state index in [4.69, 9.17) is 16.6 Å². The number of nitrogens with one attached hydrogen (secondary N) is 1. The Morgan fingerprint density at radius 3 is 2.76 bits per heavy atom. The normalized spacial score (nSPS) is 14.8. The lowest BCUT2D eigenvalue weighted by molar-refractivity contribution is 0.0932. The molecule has 1 atom stereocenters. The van der Waals surface area contributed by atoms with E-state index < -0.39 is 0 Å². The molecule has 0 spiro atoms. The Labute approximate surface area is 231 Å². The van der Waals surface area contributed by atoms with E-state index in [1.54, 1.807) is 18.0 Å². The summed E-state index contributed by atoms with van der Waals surface area (Å²) in [6.45, 7) is 0.637. The number of rotatable bonds is 7. The fraction of sp³-hybridized carbons (Fsp3) is 0.194. The molecule has 0 unspecified atom stereocenters. The zero-order valence-corrected chi connectivity index (χ0v) is 22.4. The Morgan fingerprint density at radius 1 is 1.03 bits per heavy atom. The number of aryl methyl sites for hydroxylation is 1. The first-order valence-electron chi connectivity index (χ1n) is 12.8. The van der Waals surface area contributed by atoms with Gasteiger partial charge in [-0.05, 0) is 71.8 Å². The third kappa shape index (κ3) is 5.33. The van der Waals surface area contributed by atoms with Crippen LogP contribution in [0.3, 0.4) is 0 Å². The molecule has 7 heteroatoms. The van der Waals surface area contributed by atoms with Crippen LogP contribution in [0.5, 0.6) is 0 Å². The van der Waals surface area contributed by atoms with Gasteiger partial charge in [0.05, 0.1) is 29.8 Å². The molecule has 1 amide bonds. The third-order valence-electron chi connectivity index (χ3n) is 7.00. The van der Waals surface area contributed by atoms with Crippen LogP contribution in [0.1, 0.15) is 51.5 Å². The summed E-state index contributed by atoms with van der Waals surface area (Å²) in [6, 6.07) is 26.2. The van der Waals surface area contributed by atoms with Crippen molar-refractivity contribution in [1.82, 2.24) is 19.9 Å². The van der Waals surface area contributed by atoms with Crippen molar-refractivity contribution in [3.8, 4) is 0 Å². The molecule has 0 saturated heterocycles. The quantitative estimate of drug-likeness (QED) is 0.222. The predicted molar refractivity (Wildman–Crippen MR) is 154 cm³/mol. The zero-order chi connectivity index (χ0) is 25.9. The van der Waals surface area contributed by atoms with Gasteiger partial charge in [0.25, 0.3) is 5.91 Å². The maximum absolute atomic E-state index is 13.1. The fourth-order valence-corrected chi connectivity index (χ4v) is 6.24. The number of benzene rings is 3. The second kappa shape index (κ2) is 11.0. The molecule has 38 heavy (non-hydrogen) atoms. The van der Waals surface area contributed by atoms with E-state index in [0.717, 1.165) is 57.4 Å². The lowest BCUT2D eigenvalue weighted by atomic mass is 9.87. The Balaban J connectivity index is 1.19. The number of imidazole rings is 1. The van der Waals surface area contributed by atoms with E-state index in [9.17, 15) is 4.79 Å². The molecular weight excluding hydrogens is 512 g/mol. The molecule has 0 radical (unpaired) electrons. The van der Waals surface area contributed by atoms with Gasteiger partial charge in [-0.15, -0.1) is 0 Å². The summed E-state index contributed by atoms with van der Waals surface area (Å²) in [5, 5.41) is 4.91. The molecule has 2 aromatic heterocycles. The van der Waals surface area contributed by atoms with Gasteiger partial charge in [-0.25, -0.2) is 4.98 Å². The average molecular weight is 539 g/mol. The van der Waals surface area contributed by atoms with Crippen LogP contribution in [0.2, 0.25) is 5.02 Å². The molecule has 5 nitrogen and oxygen atoms in total. The molecule has 6 rings (SSSR count). The van der Waals surface area contributed by atoms with Gasteiger partial charge in [0.2, 0.25) is 0 Å².